The Kier molecular flexibility index (Phi) is 6.43. The lowest BCUT2D eigenvalue weighted by molar-refractivity contribution is -0.121. The molecule has 0 radical (unpaired) electrons. The van der Waals surface area contributed by atoms with Crippen molar-refractivity contribution in [3.05, 3.63) is 53.6 Å². The van der Waals surface area contributed by atoms with Crippen LogP contribution < -0.4 is 14.8 Å². The summed E-state index contributed by atoms with van der Waals surface area (Å²) in [5.41, 5.74) is 1.34. The monoisotopic (exact) mass is 392 g/mol. The predicted molar refractivity (Wildman–Crippen MR) is 113 cm³/mol. The third-order valence-electron chi connectivity index (χ3n) is 5.48. The molecule has 152 valence electrons. The van der Waals surface area contributed by atoms with Crippen molar-refractivity contribution in [3.8, 4) is 17.6 Å². The van der Waals surface area contributed by atoms with Crippen molar-refractivity contribution in [2.75, 3.05) is 19.0 Å². The van der Waals surface area contributed by atoms with Crippen LogP contribution >= 0.6 is 0 Å². The molecule has 0 atom stereocenters. The molecule has 0 unspecified atom stereocenters. The maximum atomic E-state index is 13.4. The van der Waals surface area contributed by atoms with Gasteiger partial charge < -0.3 is 14.8 Å². The highest BCUT2D eigenvalue weighted by atomic mass is 16.5. The Morgan fingerprint density at radius 2 is 1.79 bits per heavy atom. The lowest BCUT2D eigenvalue weighted by Gasteiger charge is -2.28. The van der Waals surface area contributed by atoms with E-state index in [4.69, 9.17) is 9.47 Å². The summed E-state index contributed by atoms with van der Waals surface area (Å²) >= 11 is 0. The SMILES string of the molecule is COc1ccc(C2(C(=O)Nc3ccc(OCC(C)C)cc3C#N)CCCC2)cc1. The van der Waals surface area contributed by atoms with Gasteiger partial charge in [-0.25, -0.2) is 0 Å². The first-order valence-electron chi connectivity index (χ1n) is 10.1. The summed E-state index contributed by atoms with van der Waals surface area (Å²) in [5, 5.41) is 12.6. The maximum absolute atomic E-state index is 13.4. The molecule has 5 nitrogen and oxygen atoms in total. The van der Waals surface area contributed by atoms with Crippen molar-refractivity contribution >= 4 is 11.6 Å². The first-order chi connectivity index (χ1) is 14.0. The van der Waals surface area contributed by atoms with Crippen LogP contribution in [-0.2, 0) is 10.2 Å². The Balaban J connectivity index is 1.84. The second-order valence-corrected chi connectivity index (χ2v) is 8.00. The molecule has 0 saturated heterocycles. The number of carbonyl (C=O) groups is 1. The van der Waals surface area contributed by atoms with Gasteiger partial charge in [0, 0.05) is 0 Å². The minimum atomic E-state index is -0.578. The average Bonchev–Trinajstić information content (AvgIpc) is 3.24. The summed E-state index contributed by atoms with van der Waals surface area (Å²) in [6.45, 7) is 4.72. The molecule has 29 heavy (non-hydrogen) atoms. The molecule has 3 rings (SSSR count). The summed E-state index contributed by atoms with van der Waals surface area (Å²) in [6, 6.07) is 15.1. The van der Waals surface area contributed by atoms with Gasteiger partial charge in [-0.3, -0.25) is 4.79 Å². The number of benzene rings is 2. The zero-order chi connectivity index (χ0) is 20.9. The fourth-order valence-electron chi connectivity index (χ4n) is 3.85. The average molecular weight is 392 g/mol. The van der Waals surface area contributed by atoms with Crippen LogP contribution in [0.15, 0.2) is 42.5 Å². The van der Waals surface area contributed by atoms with E-state index in [1.54, 1.807) is 25.3 Å². The number of rotatable bonds is 7. The van der Waals surface area contributed by atoms with Gasteiger partial charge >= 0.3 is 0 Å². The fourth-order valence-corrected chi connectivity index (χ4v) is 3.85. The molecule has 1 saturated carbocycles. The van der Waals surface area contributed by atoms with Crippen LogP contribution in [0.2, 0.25) is 0 Å². The second kappa shape index (κ2) is 9.00. The molecular weight excluding hydrogens is 364 g/mol. The molecule has 2 aromatic rings. The Bertz CT molecular complexity index is 891. The molecular formula is C24H28N2O3. The second-order valence-electron chi connectivity index (χ2n) is 8.00. The molecule has 0 bridgehead atoms. The molecule has 1 aliphatic rings. The standard InChI is InChI=1S/C24H28N2O3/c1-17(2)16-29-21-10-11-22(18(14-21)15-25)26-23(27)24(12-4-5-13-24)19-6-8-20(28-3)9-7-19/h6-11,14,17H,4-5,12-13,16H2,1-3H3,(H,26,27). The highest BCUT2D eigenvalue weighted by Crippen LogP contribution is 2.42. The quantitative estimate of drug-likeness (QED) is 0.715. The first kappa shape index (κ1) is 20.7. The van der Waals surface area contributed by atoms with Crippen molar-refractivity contribution in [1.82, 2.24) is 0 Å². The summed E-state index contributed by atoms with van der Waals surface area (Å²) in [6.07, 6.45) is 3.60. The molecule has 2 aromatic carbocycles. The molecule has 1 fully saturated rings. The van der Waals surface area contributed by atoms with E-state index in [1.807, 2.05) is 24.3 Å². The zero-order valence-electron chi connectivity index (χ0n) is 17.3. The van der Waals surface area contributed by atoms with Crippen LogP contribution in [0.1, 0.15) is 50.7 Å². The lowest BCUT2D eigenvalue weighted by atomic mass is 9.78. The van der Waals surface area contributed by atoms with Crippen LogP contribution in [0.3, 0.4) is 0 Å². The van der Waals surface area contributed by atoms with E-state index >= 15 is 0 Å². The minimum Gasteiger partial charge on any atom is -0.497 e. The summed E-state index contributed by atoms with van der Waals surface area (Å²) in [7, 11) is 1.63. The number of anilines is 1. The van der Waals surface area contributed by atoms with Crippen LogP contribution in [0.25, 0.3) is 0 Å². The van der Waals surface area contributed by atoms with E-state index in [2.05, 4.69) is 25.2 Å². The predicted octanol–water partition coefficient (Wildman–Crippen LogP) is 5.05. The number of methoxy groups -OCH3 is 1. The fraction of sp³-hybridized carbons (Fsp3) is 0.417. The Morgan fingerprint density at radius 1 is 1.14 bits per heavy atom. The third kappa shape index (κ3) is 4.54. The van der Waals surface area contributed by atoms with Crippen molar-refractivity contribution in [3.63, 3.8) is 0 Å². The highest BCUT2D eigenvalue weighted by Gasteiger charge is 2.42. The molecule has 1 aliphatic carbocycles. The summed E-state index contributed by atoms with van der Waals surface area (Å²) in [4.78, 5) is 13.4. The van der Waals surface area contributed by atoms with Gasteiger partial charge in [0.1, 0.15) is 17.6 Å². The number of carbonyl (C=O) groups excluding carboxylic acids is 1. The van der Waals surface area contributed by atoms with E-state index in [0.29, 0.717) is 29.5 Å². The Hall–Kier alpha value is -3.00. The number of hydrogen-bond acceptors (Lipinski definition) is 4. The molecule has 0 aromatic heterocycles. The van der Waals surface area contributed by atoms with Gasteiger partial charge in [-0.05, 0) is 54.7 Å². The van der Waals surface area contributed by atoms with Gasteiger partial charge in [-0.1, -0.05) is 38.8 Å². The zero-order valence-corrected chi connectivity index (χ0v) is 17.3. The van der Waals surface area contributed by atoms with Gasteiger partial charge in [-0.15, -0.1) is 0 Å². The summed E-state index contributed by atoms with van der Waals surface area (Å²) < 4.78 is 11.0. The van der Waals surface area contributed by atoms with Crippen LogP contribution in [0.4, 0.5) is 5.69 Å². The third-order valence-corrected chi connectivity index (χ3v) is 5.48. The molecule has 0 heterocycles. The van der Waals surface area contributed by atoms with Crippen molar-refractivity contribution < 1.29 is 14.3 Å². The van der Waals surface area contributed by atoms with Gasteiger partial charge in [0.25, 0.3) is 0 Å². The van der Waals surface area contributed by atoms with Gasteiger partial charge in [0.05, 0.1) is 30.4 Å². The molecule has 5 heteroatoms. The van der Waals surface area contributed by atoms with Crippen LogP contribution in [0.5, 0.6) is 11.5 Å². The molecule has 0 spiro atoms. The number of nitrogens with one attached hydrogen (secondary N) is 1. The maximum Gasteiger partial charge on any atom is 0.235 e. The lowest BCUT2D eigenvalue weighted by Crippen LogP contribution is -2.38. The smallest absolute Gasteiger partial charge is 0.235 e. The van der Waals surface area contributed by atoms with E-state index in [9.17, 15) is 10.1 Å². The number of amides is 1. The Morgan fingerprint density at radius 3 is 2.38 bits per heavy atom. The van der Waals surface area contributed by atoms with Crippen LogP contribution in [0, 0.1) is 17.2 Å². The number of nitrogens with zero attached hydrogens (tertiary/aromatic N) is 1. The Labute approximate surface area is 172 Å². The van der Waals surface area contributed by atoms with Crippen LogP contribution in [-0.4, -0.2) is 19.6 Å². The van der Waals surface area contributed by atoms with Gasteiger partial charge in [0.15, 0.2) is 0 Å². The van der Waals surface area contributed by atoms with Crippen molar-refractivity contribution in [2.45, 2.75) is 44.9 Å². The molecule has 1 N–H and O–H groups in total. The largest absolute Gasteiger partial charge is 0.497 e. The van der Waals surface area contributed by atoms with E-state index < -0.39 is 5.41 Å². The number of ether oxygens (including phenoxy) is 2. The normalized spacial score (nSPS) is 15.0. The topological polar surface area (TPSA) is 71.3 Å². The van der Waals surface area contributed by atoms with Crippen molar-refractivity contribution in [2.24, 2.45) is 5.92 Å². The molecule has 1 amide bonds. The van der Waals surface area contributed by atoms with E-state index in [-0.39, 0.29) is 5.91 Å². The number of hydrogen-bond donors (Lipinski definition) is 1. The molecule has 0 aliphatic heterocycles. The summed E-state index contributed by atoms with van der Waals surface area (Å²) in [5.74, 6) is 1.74. The number of nitriles is 1. The minimum absolute atomic E-state index is 0.0625. The van der Waals surface area contributed by atoms with E-state index in [1.165, 1.54) is 0 Å². The van der Waals surface area contributed by atoms with Gasteiger partial charge in [0.2, 0.25) is 5.91 Å². The van der Waals surface area contributed by atoms with E-state index in [0.717, 1.165) is 37.0 Å². The highest BCUT2D eigenvalue weighted by molar-refractivity contribution is 6.00. The van der Waals surface area contributed by atoms with Gasteiger partial charge in [-0.2, -0.15) is 5.26 Å². The van der Waals surface area contributed by atoms with Crippen molar-refractivity contribution in [1.29, 1.82) is 5.26 Å². The first-order valence-corrected chi connectivity index (χ1v) is 10.1.